The fraction of sp³-hybridized carbons (Fsp3) is 0.522. The number of carbonyl (C=O) groups excluding carboxylic acids is 1. The van der Waals surface area contributed by atoms with Gasteiger partial charge < -0.3 is 19.8 Å². The van der Waals surface area contributed by atoms with Crippen LogP contribution >= 0.6 is 0 Å². The normalized spacial score (nSPS) is 16.9. The molecule has 2 atom stereocenters. The molecule has 1 aliphatic rings. The van der Waals surface area contributed by atoms with E-state index >= 15 is 0 Å². The maximum atomic E-state index is 12.7. The number of likely N-dealkylation sites (tertiary alicyclic amines) is 1. The van der Waals surface area contributed by atoms with Crippen molar-refractivity contribution < 1.29 is 29.3 Å². The number of carboxylic acids is 2. The molecule has 0 spiro atoms. The second kappa shape index (κ2) is 13.5. The summed E-state index contributed by atoms with van der Waals surface area (Å²) in [6.45, 7) is 9.61. The van der Waals surface area contributed by atoms with Gasteiger partial charge in [0.1, 0.15) is 6.10 Å². The molecule has 0 amide bonds. The highest BCUT2D eigenvalue weighted by atomic mass is 16.5. The number of ether oxygens (including phenoxy) is 1. The van der Waals surface area contributed by atoms with Crippen molar-refractivity contribution in [2.75, 3.05) is 19.6 Å². The lowest BCUT2D eigenvalue weighted by molar-refractivity contribution is -0.154. The van der Waals surface area contributed by atoms with E-state index in [-0.39, 0.29) is 18.0 Å². The Bertz CT molecular complexity index is 679. The van der Waals surface area contributed by atoms with Crippen LogP contribution in [0.2, 0.25) is 0 Å². The molecule has 7 nitrogen and oxygen atoms in total. The Morgan fingerprint density at radius 3 is 2.03 bits per heavy atom. The van der Waals surface area contributed by atoms with Gasteiger partial charge in [0.25, 0.3) is 0 Å². The van der Waals surface area contributed by atoms with E-state index in [4.69, 9.17) is 14.9 Å². The Balaban J connectivity index is 0.000000479. The number of aliphatic carboxylic acids is 2. The number of benzene rings is 1. The molecule has 1 fully saturated rings. The summed E-state index contributed by atoms with van der Waals surface area (Å²) in [6.07, 6.45) is 4.10. The Kier molecular flexibility index (Phi) is 11.4. The molecular formula is C23H33NO6. The fourth-order valence-corrected chi connectivity index (χ4v) is 3.32. The van der Waals surface area contributed by atoms with Crippen molar-refractivity contribution in [2.45, 2.75) is 52.1 Å². The first-order valence-corrected chi connectivity index (χ1v) is 10.4. The average Bonchev–Trinajstić information content (AvgIpc) is 2.74. The molecule has 2 unspecified atom stereocenters. The quantitative estimate of drug-likeness (QED) is 0.490. The van der Waals surface area contributed by atoms with Crippen LogP contribution in [0.4, 0.5) is 0 Å². The molecule has 7 heteroatoms. The fourth-order valence-electron chi connectivity index (χ4n) is 3.32. The number of nitrogens with zero attached hydrogens (tertiary/aromatic N) is 1. The third-order valence-corrected chi connectivity index (χ3v) is 5.26. The molecule has 0 radical (unpaired) electrons. The smallest absolute Gasteiger partial charge is 0.328 e. The van der Waals surface area contributed by atoms with Crippen LogP contribution in [-0.2, 0) is 19.1 Å². The lowest BCUT2D eigenvalue weighted by Crippen LogP contribution is -2.38. The van der Waals surface area contributed by atoms with Crippen LogP contribution in [0.1, 0.15) is 51.5 Å². The third kappa shape index (κ3) is 9.22. The summed E-state index contributed by atoms with van der Waals surface area (Å²) in [6, 6.07) is 10.1. The predicted molar refractivity (Wildman–Crippen MR) is 114 cm³/mol. The summed E-state index contributed by atoms with van der Waals surface area (Å²) >= 11 is 0. The molecule has 166 valence electrons. The first-order chi connectivity index (χ1) is 14.3. The first-order valence-electron chi connectivity index (χ1n) is 10.4. The van der Waals surface area contributed by atoms with E-state index in [1.54, 1.807) is 0 Å². The summed E-state index contributed by atoms with van der Waals surface area (Å²) in [5.41, 5.74) is 1.08. The van der Waals surface area contributed by atoms with Crippen LogP contribution < -0.4 is 0 Å². The minimum absolute atomic E-state index is 0.0458. The molecule has 0 aromatic heterocycles. The van der Waals surface area contributed by atoms with E-state index in [1.165, 1.54) is 0 Å². The molecule has 1 aromatic carbocycles. The van der Waals surface area contributed by atoms with Crippen molar-refractivity contribution in [3.63, 3.8) is 0 Å². The van der Waals surface area contributed by atoms with Crippen LogP contribution in [0.3, 0.4) is 0 Å². The van der Waals surface area contributed by atoms with E-state index in [9.17, 15) is 14.4 Å². The Morgan fingerprint density at radius 2 is 1.60 bits per heavy atom. The number of rotatable bonds is 8. The largest absolute Gasteiger partial charge is 0.478 e. The van der Waals surface area contributed by atoms with Crippen molar-refractivity contribution in [3.8, 4) is 0 Å². The van der Waals surface area contributed by atoms with Crippen molar-refractivity contribution in [1.82, 2.24) is 4.90 Å². The van der Waals surface area contributed by atoms with Gasteiger partial charge in [0.15, 0.2) is 0 Å². The number of hydrogen-bond donors (Lipinski definition) is 2. The summed E-state index contributed by atoms with van der Waals surface area (Å²) in [5, 5.41) is 15.6. The lowest BCUT2D eigenvalue weighted by Gasteiger charge is -2.32. The van der Waals surface area contributed by atoms with Gasteiger partial charge in [-0.1, -0.05) is 57.5 Å². The molecule has 2 rings (SSSR count). The minimum Gasteiger partial charge on any atom is -0.478 e. The molecule has 1 heterocycles. The summed E-state index contributed by atoms with van der Waals surface area (Å²) in [7, 11) is 0. The molecule has 1 saturated heterocycles. The monoisotopic (exact) mass is 419 g/mol. The highest BCUT2D eigenvalue weighted by Crippen LogP contribution is 2.29. The number of carboxylic acid groups (broad SMARTS) is 2. The number of carbonyl (C=O) groups is 3. The van der Waals surface area contributed by atoms with Gasteiger partial charge in [0, 0.05) is 25.2 Å². The zero-order valence-corrected chi connectivity index (χ0v) is 18.0. The average molecular weight is 420 g/mol. The standard InChI is InChI=1S/C19H29NO2.C4H4O4/c1-4-15(3)18(16-9-7-6-8-10-16)19(21)22-17-11-13-20(5-2)14-12-17;5-3(6)1-2-4(7)8/h6-10,15,17-18H,4-5,11-14H2,1-3H3;1-2H,(H,5,6)(H,7,8)/b;2-1+. The van der Waals surface area contributed by atoms with Crippen LogP contribution in [-0.4, -0.2) is 58.8 Å². The minimum atomic E-state index is -1.26. The SMILES string of the molecule is CCC(C)C(C(=O)OC1CCN(CC)CC1)c1ccccc1.O=C(O)/C=C/C(=O)O. The second-order valence-corrected chi connectivity index (χ2v) is 7.35. The molecule has 1 aromatic rings. The first kappa shape index (κ1) is 25.4. The lowest BCUT2D eigenvalue weighted by atomic mass is 9.85. The zero-order chi connectivity index (χ0) is 22.5. The number of hydrogen-bond acceptors (Lipinski definition) is 5. The van der Waals surface area contributed by atoms with Gasteiger partial charge in [-0.3, -0.25) is 4.79 Å². The summed E-state index contributed by atoms with van der Waals surface area (Å²) in [4.78, 5) is 34.2. The van der Waals surface area contributed by atoms with Gasteiger partial charge in [-0.25, -0.2) is 9.59 Å². The van der Waals surface area contributed by atoms with Crippen molar-refractivity contribution in [2.24, 2.45) is 5.92 Å². The molecule has 1 aliphatic heterocycles. The van der Waals surface area contributed by atoms with E-state index in [0.717, 1.165) is 44.5 Å². The maximum absolute atomic E-state index is 12.7. The second-order valence-electron chi connectivity index (χ2n) is 7.35. The highest BCUT2D eigenvalue weighted by molar-refractivity contribution is 5.89. The van der Waals surface area contributed by atoms with Crippen molar-refractivity contribution >= 4 is 17.9 Å². The summed E-state index contributed by atoms with van der Waals surface area (Å²) in [5.74, 6) is -2.41. The van der Waals surface area contributed by atoms with Gasteiger partial charge in [-0.15, -0.1) is 0 Å². The third-order valence-electron chi connectivity index (χ3n) is 5.26. The van der Waals surface area contributed by atoms with Crippen molar-refractivity contribution in [1.29, 1.82) is 0 Å². The topological polar surface area (TPSA) is 104 Å². The number of piperidine rings is 1. The molecule has 0 saturated carbocycles. The van der Waals surface area contributed by atoms with Gasteiger partial charge in [-0.05, 0) is 30.9 Å². The molecule has 0 bridgehead atoms. The molecule has 0 aliphatic carbocycles. The highest BCUT2D eigenvalue weighted by Gasteiger charge is 2.30. The van der Waals surface area contributed by atoms with E-state index < -0.39 is 11.9 Å². The van der Waals surface area contributed by atoms with Gasteiger partial charge >= 0.3 is 17.9 Å². The summed E-state index contributed by atoms with van der Waals surface area (Å²) < 4.78 is 5.86. The number of esters is 1. The van der Waals surface area contributed by atoms with E-state index in [1.807, 2.05) is 30.3 Å². The molecule has 2 N–H and O–H groups in total. The van der Waals surface area contributed by atoms with Gasteiger partial charge in [0.05, 0.1) is 5.92 Å². The Labute approximate surface area is 178 Å². The van der Waals surface area contributed by atoms with Gasteiger partial charge in [0.2, 0.25) is 0 Å². The van der Waals surface area contributed by atoms with Crippen LogP contribution in [0.15, 0.2) is 42.5 Å². The zero-order valence-electron chi connectivity index (χ0n) is 18.0. The van der Waals surface area contributed by atoms with Crippen LogP contribution in [0.5, 0.6) is 0 Å². The van der Waals surface area contributed by atoms with Crippen LogP contribution in [0, 0.1) is 5.92 Å². The van der Waals surface area contributed by atoms with E-state index in [0.29, 0.717) is 18.1 Å². The van der Waals surface area contributed by atoms with Crippen molar-refractivity contribution in [3.05, 3.63) is 48.0 Å². The Morgan fingerprint density at radius 1 is 1.07 bits per heavy atom. The maximum Gasteiger partial charge on any atom is 0.328 e. The predicted octanol–water partition coefficient (Wildman–Crippen LogP) is 3.56. The Hall–Kier alpha value is -2.67. The van der Waals surface area contributed by atoms with Gasteiger partial charge in [-0.2, -0.15) is 0 Å². The molecular weight excluding hydrogens is 386 g/mol. The molecule has 30 heavy (non-hydrogen) atoms. The van der Waals surface area contributed by atoms with Crippen LogP contribution in [0.25, 0.3) is 0 Å². The van der Waals surface area contributed by atoms with E-state index in [2.05, 4.69) is 25.7 Å².